The highest BCUT2D eigenvalue weighted by Gasteiger charge is 2.50. The summed E-state index contributed by atoms with van der Waals surface area (Å²) in [5.74, 6) is 0. The maximum atomic E-state index is 11.9. The van der Waals surface area contributed by atoms with Gasteiger partial charge in [-0.25, -0.2) is 0 Å². The second-order valence-corrected chi connectivity index (χ2v) is 5.50. The Morgan fingerprint density at radius 1 is 0.739 bits per heavy atom. The summed E-state index contributed by atoms with van der Waals surface area (Å²) in [6, 6.07) is 0. The fraction of sp³-hybridized carbons (Fsp3) is 1.00. The van der Waals surface area contributed by atoms with Crippen molar-refractivity contribution in [2.75, 3.05) is 13.2 Å². The van der Waals surface area contributed by atoms with Crippen LogP contribution in [0.1, 0.15) is 0 Å². The molecule has 0 bridgehead atoms. The molecule has 11 nitrogen and oxygen atoms in total. The summed E-state index contributed by atoms with van der Waals surface area (Å²) in [5.41, 5.74) is 0. The Bertz CT molecular complexity index is 380. The summed E-state index contributed by atoms with van der Waals surface area (Å²) in [6.45, 7) is -1.38. The van der Waals surface area contributed by atoms with Crippen molar-refractivity contribution in [2.45, 2.75) is 61.4 Å². The standard InChI is InChI=1S/C12H21O11/c13-1-3-6(16)8(18)10(11(20)21-3)23-12-9(19)7(17)5(15)4(2-14)22-12/h3-19H,1-2H2/t3-,4+,5+,6-,7-,8+,9+,10+,11+,12?/m0/s1. The zero-order valence-electron chi connectivity index (χ0n) is 12.0. The highest BCUT2D eigenvalue weighted by atomic mass is 16.7. The Labute approximate surface area is 130 Å². The van der Waals surface area contributed by atoms with E-state index in [1.165, 1.54) is 0 Å². The lowest BCUT2D eigenvalue weighted by atomic mass is 9.97. The molecule has 10 atom stereocenters. The molecule has 0 aliphatic carbocycles. The molecule has 2 rings (SSSR count). The molecule has 0 aromatic rings. The van der Waals surface area contributed by atoms with E-state index in [2.05, 4.69) is 0 Å². The van der Waals surface area contributed by atoms with Gasteiger partial charge in [0.2, 0.25) is 6.29 Å². The molecule has 135 valence electrons. The molecule has 2 saturated heterocycles. The Hall–Kier alpha value is -0.440. The van der Waals surface area contributed by atoms with E-state index in [-0.39, 0.29) is 0 Å². The molecule has 2 fully saturated rings. The molecule has 11 heteroatoms. The average Bonchev–Trinajstić information content (AvgIpc) is 2.54. The molecule has 1 unspecified atom stereocenters. The molecular formula is C12H21O11. The van der Waals surface area contributed by atoms with Crippen LogP contribution >= 0.6 is 0 Å². The normalized spacial score (nSPS) is 51.7. The third kappa shape index (κ3) is 3.65. The fourth-order valence-electron chi connectivity index (χ4n) is 2.54. The number of ether oxygens (including phenoxy) is 3. The van der Waals surface area contributed by atoms with E-state index in [1.54, 1.807) is 0 Å². The maximum absolute atomic E-state index is 11.9. The van der Waals surface area contributed by atoms with Crippen LogP contribution < -0.4 is 0 Å². The van der Waals surface area contributed by atoms with Gasteiger partial charge >= 0.3 is 0 Å². The number of aliphatic hydroxyl groups is 7. The van der Waals surface area contributed by atoms with Gasteiger partial charge in [0.05, 0.1) is 13.2 Å². The molecule has 0 aromatic carbocycles. The van der Waals surface area contributed by atoms with Crippen LogP contribution in [-0.2, 0) is 19.3 Å². The topological polar surface area (TPSA) is 189 Å². The van der Waals surface area contributed by atoms with E-state index >= 15 is 0 Å². The van der Waals surface area contributed by atoms with Crippen molar-refractivity contribution >= 4 is 0 Å². The van der Waals surface area contributed by atoms with Gasteiger partial charge in [0.1, 0.15) is 48.8 Å². The quantitative estimate of drug-likeness (QED) is 0.261. The van der Waals surface area contributed by atoms with Gasteiger partial charge in [-0.2, -0.15) is 5.11 Å². The highest BCUT2D eigenvalue weighted by molar-refractivity contribution is 4.93. The van der Waals surface area contributed by atoms with Crippen molar-refractivity contribution in [3.63, 3.8) is 0 Å². The molecule has 0 spiro atoms. The summed E-state index contributed by atoms with van der Waals surface area (Å²) in [4.78, 5) is 0. The Morgan fingerprint density at radius 3 is 1.83 bits per heavy atom. The second kappa shape index (κ2) is 7.63. The van der Waals surface area contributed by atoms with Crippen molar-refractivity contribution in [3.05, 3.63) is 0 Å². The SMILES string of the molecule is [O][C@@H]1O[C@@H](CO)[C@H](O)[C@@H](O)[C@H]1OC1O[C@H](CO)[C@@H](O)[C@H](O)[C@H]1O. The lowest BCUT2D eigenvalue weighted by Gasteiger charge is -2.44. The van der Waals surface area contributed by atoms with Gasteiger partial charge in [-0.1, -0.05) is 0 Å². The zero-order valence-corrected chi connectivity index (χ0v) is 12.0. The first-order valence-corrected chi connectivity index (χ1v) is 7.06. The summed E-state index contributed by atoms with van der Waals surface area (Å²) in [7, 11) is 0. The van der Waals surface area contributed by atoms with Crippen LogP contribution in [0.25, 0.3) is 0 Å². The van der Waals surface area contributed by atoms with E-state index in [4.69, 9.17) is 24.4 Å². The average molecular weight is 341 g/mol. The van der Waals surface area contributed by atoms with Crippen molar-refractivity contribution in [2.24, 2.45) is 0 Å². The molecule has 2 aliphatic rings. The summed E-state index contributed by atoms with van der Waals surface area (Å²) < 4.78 is 14.9. The highest BCUT2D eigenvalue weighted by Crippen LogP contribution is 2.28. The molecule has 23 heavy (non-hydrogen) atoms. The fourth-order valence-corrected chi connectivity index (χ4v) is 2.54. The minimum Gasteiger partial charge on any atom is -0.394 e. The smallest absolute Gasteiger partial charge is 0.221 e. The van der Waals surface area contributed by atoms with Gasteiger partial charge in [-0.3, -0.25) is 0 Å². The molecule has 0 aromatic heterocycles. The van der Waals surface area contributed by atoms with Gasteiger partial charge in [-0.15, -0.1) is 0 Å². The minimum atomic E-state index is -2.00. The first-order valence-electron chi connectivity index (χ1n) is 7.06. The lowest BCUT2D eigenvalue weighted by Crippen LogP contribution is -2.64. The summed E-state index contributed by atoms with van der Waals surface area (Å²) >= 11 is 0. The van der Waals surface area contributed by atoms with Crippen LogP contribution in [0.4, 0.5) is 0 Å². The van der Waals surface area contributed by atoms with Crippen molar-refractivity contribution < 1.29 is 55.1 Å². The van der Waals surface area contributed by atoms with E-state index in [9.17, 15) is 30.6 Å². The minimum absolute atomic E-state index is 0.690. The Balaban J connectivity index is 2.08. The van der Waals surface area contributed by atoms with Crippen molar-refractivity contribution in [1.29, 1.82) is 0 Å². The largest absolute Gasteiger partial charge is 0.394 e. The van der Waals surface area contributed by atoms with Gasteiger partial charge in [0, 0.05) is 0 Å². The van der Waals surface area contributed by atoms with Crippen molar-refractivity contribution in [1.82, 2.24) is 0 Å². The van der Waals surface area contributed by atoms with Crippen molar-refractivity contribution in [3.8, 4) is 0 Å². The van der Waals surface area contributed by atoms with E-state index in [0.29, 0.717) is 0 Å². The number of aliphatic hydroxyl groups excluding tert-OH is 7. The summed E-state index contributed by atoms with van der Waals surface area (Å²) in [6.07, 6.45) is -16.3. The third-order valence-electron chi connectivity index (χ3n) is 3.96. The zero-order chi connectivity index (χ0) is 17.3. The number of hydrogen-bond donors (Lipinski definition) is 7. The molecule has 0 saturated carbocycles. The van der Waals surface area contributed by atoms with Crippen LogP contribution in [0.5, 0.6) is 0 Å². The van der Waals surface area contributed by atoms with Gasteiger partial charge in [0.25, 0.3) is 0 Å². The van der Waals surface area contributed by atoms with Crippen LogP contribution in [0, 0.1) is 0 Å². The van der Waals surface area contributed by atoms with Gasteiger partial charge in [0.15, 0.2) is 6.29 Å². The molecular weight excluding hydrogens is 320 g/mol. The monoisotopic (exact) mass is 341 g/mol. The first-order chi connectivity index (χ1) is 10.8. The number of hydrogen-bond acceptors (Lipinski definition) is 10. The van der Waals surface area contributed by atoms with E-state index in [1.807, 2.05) is 0 Å². The van der Waals surface area contributed by atoms with Crippen LogP contribution in [-0.4, -0.2) is 110 Å². The van der Waals surface area contributed by atoms with Crippen LogP contribution in [0.3, 0.4) is 0 Å². The molecule has 1 radical (unpaired) electrons. The van der Waals surface area contributed by atoms with E-state index in [0.717, 1.165) is 0 Å². The maximum Gasteiger partial charge on any atom is 0.221 e. The molecule has 0 amide bonds. The first kappa shape index (κ1) is 18.9. The lowest BCUT2D eigenvalue weighted by molar-refractivity contribution is -0.369. The van der Waals surface area contributed by atoms with Gasteiger partial charge < -0.3 is 50.0 Å². The van der Waals surface area contributed by atoms with E-state index < -0.39 is 74.6 Å². The van der Waals surface area contributed by atoms with Crippen LogP contribution in [0.2, 0.25) is 0 Å². The summed E-state index contributed by atoms with van der Waals surface area (Å²) in [5, 5.41) is 78.6. The molecule has 2 heterocycles. The molecule has 2 aliphatic heterocycles. The number of rotatable bonds is 4. The predicted molar refractivity (Wildman–Crippen MR) is 67.1 cm³/mol. The second-order valence-electron chi connectivity index (χ2n) is 5.50. The third-order valence-corrected chi connectivity index (χ3v) is 3.96. The molecule has 7 N–H and O–H groups in total. The Kier molecular flexibility index (Phi) is 6.27. The predicted octanol–water partition coefficient (Wildman–Crippen LogP) is -4.96. The van der Waals surface area contributed by atoms with Gasteiger partial charge in [-0.05, 0) is 0 Å². The van der Waals surface area contributed by atoms with Crippen LogP contribution in [0.15, 0.2) is 0 Å². The Morgan fingerprint density at radius 2 is 1.26 bits per heavy atom.